The fourth-order valence-electron chi connectivity index (χ4n) is 4.67. The summed E-state index contributed by atoms with van der Waals surface area (Å²) in [6.07, 6.45) is 7.66. The van der Waals surface area contributed by atoms with Crippen LogP contribution in [0, 0.1) is 18.7 Å². The van der Waals surface area contributed by atoms with Gasteiger partial charge in [0, 0.05) is 68.1 Å². The lowest BCUT2D eigenvalue weighted by molar-refractivity contribution is 0.102. The molecule has 8 nitrogen and oxygen atoms in total. The minimum atomic E-state index is -0.506. The Kier molecular flexibility index (Phi) is 5.95. The lowest BCUT2D eigenvalue weighted by atomic mass is 10.0. The SMILES string of the molecule is CCN=Cc1c(N2CCN[C@@H](C3CC3)C2)ccc(C(=O)Nc2cc(F)c3nc(C)cn3c2)c1N. The standard InChI is InChI=1S/C25H30FN7O/c1-3-28-11-19-22(32-9-8-29-21(14-32)16-4-5-16)7-6-18(23(19)27)25(34)31-17-10-20(26)24-30-15(2)12-33(24)13-17/h6-7,10-13,16,21,29H,3-5,8-9,14,27H2,1-2H3,(H,31,34)/t21-/m1/s1. The predicted molar refractivity (Wildman–Crippen MR) is 134 cm³/mol. The van der Waals surface area contributed by atoms with E-state index in [0.29, 0.717) is 35.2 Å². The second-order valence-corrected chi connectivity index (χ2v) is 9.08. The lowest BCUT2D eigenvalue weighted by Gasteiger charge is -2.36. The van der Waals surface area contributed by atoms with E-state index in [1.54, 1.807) is 36.0 Å². The molecular weight excluding hydrogens is 433 g/mol. The van der Waals surface area contributed by atoms with Gasteiger partial charge in [0.2, 0.25) is 0 Å². The smallest absolute Gasteiger partial charge is 0.257 e. The molecule has 1 atom stereocenters. The molecule has 2 aromatic heterocycles. The highest BCUT2D eigenvalue weighted by Crippen LogP contribution is 2.36. The number of pyridine rings is 1. The molecule has 3 heterocycles. The minimum absolute atomic E-state index is 0.220. The number of hydrogen-bond acceptors (Lipinski definition) is 6. The third kappa shape index (κ3) is 4.35. The first-order chi connectivity index (χ1) is 16.4. The number of anilines is 3. The number of benzene rings is 1. The van der Waals surface area contributed by atoms with E-state index in [2.05, 4.69) is 25.5 Å². The average Bonchev–Trinajstić information content (AvgIpc) is 3.59. The summed E-state index contributed by atoms with van der Waals surface area (Å²) in [5, 5.41) is 6.40. The van der Waals surface area contributed by atoms with Gasteiger partial charge in [-0.1, -0.05) is 0 Å². The van der Waals surface area contributed by atoms with Crippen LogP contribution in [0.3, 0.4) is 0 Å². The van der Waals surface area contributed by atoms with E-state index in [9.17, 15) is 9.18 Å². The topological polar surface area (TPSA) is 100 Å². The van der Waals surface area contributed by atoms with Crippen molar-refractivity contribution in [3.63, 3.8) is 0 Å². The molecule has 34 heavy (non-hydrogen) atoms. The summed E-state index contributed by atoms with van der Waals surface area (Å²) in [6.45, 7) is 7.05. The van der Waals surface area contributed by atoms with Gasteiger partial charge in [-0.25, -0.2) is 9.37 Å². The van der Waals surface area contributed by atoms with Crippen LogP contribution in [0.2, 0.25) is 0 Å². The van der Waals surface area contributed by atoms with E-state index in [1.807, 2.05) is 13.0 Å². The van der Waals surface area contributed by atoms with E-state index in [1.165, 1.54) is 18.9 Å². The maximum Gasteiger partial charge on any atom is 0.257 e. The van der Waals surface area contributed by atoms with E-state index in [4.69, 9.17) is 5.73 Å². The molecule has 1 saturated carbocycles. The van der Waals surface area contributed by atoms with Crippen molar-refractivity contribution in [1.29, 1.82) is 0 Å². The number of nitrogens with two attached hydrogens (primary N) is 1. The molecule has 9 heteroatoms. The molecule has 2 aliphatic rings. The highest BCUT2D eigenvalue weighted by atomic mass is 19.1. The Morgan fingerprint density at radius 1 is 1.38 bits per heavy atom. The maximum absolute atomic E-state index is 14.5. The highest BCUT2D eigenvalue weighted by molar-refractivity contribution is 6.11. The van der Waals surface area contributed by atoms with Crippen LogP contribution in [0.4, 0.5) is 21.5 Å². The number of fused-ring (bicyclic) bond motifs is 1. The van der Waals surface area contributed by atoms with Gasteiger partial charge in [-0.05, 0) is 44.7 Å². The van der Waals surface area contributed by atoms with Crippen LogP contribution in [0.5, 0.6) is 0 Å². The molecule has 1 aliphatic carbocycles. The van der Waals surface area contributed by atoms with Crippen LogP contribution in [0.15, 0.2) is 35.6 Å². The summed E-state index contributed by atoms with van der Waals surface area (Å²) < 4.78 is 16.0. The molecule has 0 unspecified atom stereocenters. The number of piperazine rings is 1. The second-order valence-electron chi connectivity index (χ2n) is 9.08. The molecule has 1 saturated heterocycles. The molecule has 1 aromatic carbocycles. The van der Waals surface area contributed by atoms with Crippen LogP contribution in [-0.2, 0) is 0 Å². The number of nitrogens with one attached hydrogen (secondary N) is 2. The minimum Gasteiger partial charge on any atom is -0.397 e. The quantitative estimate of drug-likeness (QED) is 0.385. The number of hydrogen-bond donors (Lipinski definition) is 3. The maximum atomic E-state index is 14.5. The summed E-state index contributed by atoms with van der Waals surface area (Å²) in [5.74, 6) is -0.161. The Morgan fingerprint density at radius 2 is 2.21 bits per heavy atom. The van der Waals surface area contributed by atoms with Crippen LogP contribution in [-0.4, -0.2) is 53.7 Å². The Balaban J connectivity index is 1.44. The normalized spacial score (nSPS) is 18.7. The number of aryl methyl sites for hydroxylation is 1. The zero-order chi connectivity index (χ0) is 23.8. The van der Waals surface area contributed by atoms with Gasteiger partial charge in [-0.2, -0.15) is 0 Å². The Morgan fingerprint density at radius 3 is 2.97 bits per heavy atom. The number of carbonyl (C=O) groups excluding carboxylic acids is 1. The summed E-state index contributed by atoms with van der Waals surface area (Å²) in [6, 6.07) is 5.43. The van der Waals surface area contributed by atoms with Gasteiger partial charge >= 0.3 is 0 Å². The summed E-state index contributed by atoms with van der Waals surface area (Å²) in [7, 11) is 0. The van der Waals surface area contributed by atoms with Crippen molar-refractivity contribution in [2.75, 3.05) is 42.1 Å². The molecule has 2 fully saturated rings. The zero-order valence-corrected chi connectivity index (χ0v) is 19.5. The highest BCUT2D eigenvalue weighted by Gasteiger charge is 2.34. The van der Waals surface area contributed by atoms with Gasteiger partial charge in [0.15, 0.2) is 11.5 Å². The summed E-state index contributed by atoms with van der Waals surface area (Å²) in [5.41, 5.74) is 10.2. The third-order valence-corrected chi connectivity index (χ3v) is 6.53. The van der Waals surface area contributed by atoms with Gasteiger partial charge in [-0.3, -0.25) is 9.79 Å². The monoisotopic (exact) mass is 463 g/mol. The van der Waals surface area contributed by atoms with Crippen molar-refractivity contribution in [3.05, 3.63) is 53.2 Å². The van der Waals surface area contributed by atoms with Gasteiger partial charge in [0.1, 0.15) is 0 Å². The summed E-state index contributed by atoms with van der Waals surface area (Å²) >= 11 is 0. The van der Waals surface area contributed by atoms with Crippen molar-refractivity contribution in [1.82, 2.24) is 14.7 Å². The van der Waals surface area contributed by atoms with Gasteiger partial charge < -0.3 is 25.7 Å². The number of nitrogens with zero attached hydrogens (tertiary/aromatic N) is 4. The first-order valence-corrected chi connectivity index (χ1v) is 11.8. The van der Waals surface area contributed by atoms with E-state index >= 15 is 0 Å². The van der Waals surface area contributed by atoms with Crippen molar-refractivity contribution in [3.8, 4) is 0 Å². The molecule has 1 aliphatic heterocycles. The van der Waals surface area contributed by atoms with Gasteiger partial charge in [0.25, 0.3) is 5.91 Å². The van der Waals surface area contributed by atoms with Gasteiger partial charge in [0.05, 0.1) is 22.6 Å². The summed E-state index contributed by atoms with van der Waals surface area (Å²) in [4.78, 5) is 24.0. The first kappa shape index (κ1) is 22.3. The first-order valence-electron chi connectivity index (χ1n) is 11.8. The molecule has 3 aromatic rings. The van der Waals surface area contributed by atoms with Crippen molar-refractivity contribution in [2.45, 2.75) is 32.7 Å². The molecule has 0 spiro atoms. The van der Waals surface area contributed by atoms with Gasteiger partial charge in [-0.15, -0.1) is 0 Å². The molecular formula is C25H30FN7O. The molecule has 0 bridgehead atoms. The van der Waals surface area contributed by atoms with Crippen LogP contribution in [0.25, 0.3) is 5.65 Å². The van der Waals surface area contributed by atoms with Crippen molar-refractivity contribution >= 4 is 34.8 Å². The fourth-order valence-corrected chi connectivity index (χ4v) is 4.67. The predicted octanol–water partition coefficient (Wildman–Crippen LogP) is 3.24. The van der Waals surface area contributed by atoms with Crippen molar-refractivity contribution < 1.29 is 9.18 Å². The zero-order valence-electron chi connectivity index (χ0n) is 19.5. The van der Waals surface area contributed by atoms with E-state index in [0.717, 1.165) is 36.8 Å². The number of nitrogen functional groups attached to an aromatic ring is 1. The number of amides is 1. The molecule has 4 N–H and O–H groups in total. The number of halogens is 1. The Labute approximate surface area is 198 Å². The molecule has 1 amide bonds. The Hall–Kier alpha value is -3.46. The number of rotatable bonds is 6. The largest absolute Gasteiger partial charge is 0.397 e. The van der Waals surface area contributed by atoms with Crippen LogP contribution < -0.4 is 21.3 Å². The van der Waals surface area contributed by atoms with Crippen molar-refractivity contribution in [2.24, 2.45) is 10.9 Å². The van der Waals surface area contributed by atoms with Crippen LogP contribution in [0.1, 0.15) is 41.4 Å². The van der Waals surface area contributed by atoms with Crippen LogP contribution >= 0.6 is 0 Å². The van der Waals surface area contributed by atoms with E-state index < -0.39 is 11.7 Å². The Bertz CT molecular complexity index is 1260. The lowest BCUT2D eigenvalue weighted by Crippen LogP contribution is -2.52. The number of imidazole rings is 1. The number of aliphatic imine (C=N–C) groups is 1. The average molecular weight is 464 g/mol. The molecule has 5 rings (SSSR count). The third-order valence-electron chi connectivity index (χ3n) is 6.53. The van der Waals surface area contributed by atoms with E-state index in [-0.39, 0.29) is 5.65 Å². The fraction of sp³-hybridized carbons (Fsp3) is 0.400. The number of aromatic nitrogens is 2. The number of carbonyl (C=O) groups is 1. The molecule has 0 radical (unpaired) electrons. The molecule has 178 valence electrons. The second kappa shape index (κ2) is 9.06.